The summed E-state index contributed by atoms with van der Waals surface area (Å²) in [6.45, 7) is 4.68. The van der Waals surface area contributed by atoms with Gasteiger partial charge in [-0.3, -0.25) is 15.4 Å². The highest BCUT2D eigenvalue weighted by molar-refractivity contribution is 6.01. The summed E-state index contributed by atoms with van der Waals surface area (Å²) in [4.78, 5) is 24.8. The molecule has 33 heavy (non-hydrogen) atoms. The van der Waals surface area contributed by atoms with Gasteiger partial charge in [0.05, 0.1) is 25.8 Å². The van der Waals surface area contributed by atoms with Gasteiger partial charge in [0.1, 0.15) is 0 Å². The van der Waals surface area contributed by atoms with Crippen LogP contribution in [-0.2, 0) is 4.79 Å². The van der Waals surface area contributed by atoms with Crippen LogP contribution in [0.4, 0.5) is 10.5 Å². The fraction of sp³-hybridized carbons (Fsp3) is 0.231. The molecule has 0 heterocycles. The maximum atomic E-state index is 12.4. The van der Waals surface area contributed by atoms with Crippen molar-refractivity contribution >= 4 is 17.6 Å². The molecule has 0 aliphatic heterocycles. The lowest BCUT2D eigenvalue weighted by atomic mass is 9.99. The van der Waals surface area contributed by atoms with Crippen molar-refractivity contribution in [1.82, 2.24) is 10.6 Å². The lowest BCUT2D eigenvalue weighted by Gasteiger charge is -2.19. The molecule has 0 bridgehead atoms. The van der Waals surface area contributed by atoms with Gasteiger partial charge in [-0.1, -0.05) is 60.7 Å². The fourth-order valence-electron chi connectivity index (χ4n) is 3.38. The molecule has 7 nitrogen and oxygen atoms in total. The molecule has 0 fully saturated rings. The quantitative estimate of drug-likeness (QED) is 0.426. The van der Waals surface area contributed by atoms with E-state index in [-0.39, 0.29) is 12.6 Å². The summed E-state index contributed by atoms with van der Waals surface area (Å²) in [6.07, 6.45) is 0. The smallest absolute Gasteiger partial charge is 0.325 e. The van der Waals surface area contributed by atoms with Crippen LogP contribution >= 0.6 is 0 Å². The Bertz CT molecular complexity index is 1000. The van der Waals surface area contributed by atoms with Gasteiger partial charge in [-0.15, -0.1) is 0 Å². The SMILES string of the molecule is CCOc1ccc(NC(=O)NC(=O)CNC(c2ccccc2)c2ccccc2)cc1OCC. The number of hydrogen-bond donors (Lipinski definition) is 3. The average molecular weight is 448 g/mol. The Kier molecular flexibility index (Phi) is 8.85. The summed E-state index contributed by atoms with van der Waals surface area (Å²) in [7, 11) is 0. The van der Waals surface area contributed by atoms with Crippen LogP contribution in [0.15, 0.2) is 78.9 Å². The molecule has 0 saturated heterocycles. The first-order valence-corrected chi connectivity index (χ1v) is 10.9. The number of rotatable bonds is 10. The van der Waals surface area contributed by atoms with Gasteiger partial charge in [-0.05, 0) is 37.1 Å². The van der Waals surface area contributed by atoms with Crippen molar-refractivity contribution in [1.29, 1.82) is 0 Å². The third-order valence-corrected chi connectivity index (χ3v) is 4.79. The van der Waals surface area contributed by atoms with Crippen molar-refractivity contribution in [2.24, 2.45) is 0 Å². The first-order valence-electron chi connectivity index (χ1n) is 10.9. The number of ether oxygens (including phenoxy) is 2. The number of imide groups is 1. The molecule has 0 aliphatic rings. The van der Waals surface area contributed by atoms with E-state index in [9.17, 15) is 9.59 Å². The Morgan fingerprint density at radius 3 is 1.94 bits per heavy atom. The molecule has 0 radical (unpaired) electrons. The van der Waals surface area contributed by atoms with Crippen molar-refractivity contribution < 1.29 is 19.1 Å². The molecule has 3 aromatic carbocycles. The largest absolute Gasteiger partial charge is 0.490 e. The van der Waals surface area contributed by atoms with Crippen molar-refractivity contribution in [3.63, 3.8) is 0 Å². The predicted molar refractivity (Wildman–Crippen MR) is 129 cm³/mol. The molecule has 0 atom stereocenters. The van der Waals surface area contributed by atoms with Crippen LogP contribution in [0.2, 0.25) is 0 Å². The number of benzene rings is 3. The zero-order valence-corrected chi connectivity index (χ0v) is 18.8. The number of carbonyl (C=O) groups is 2. The molecule has 172 valence electrons. The molecule has 0 saturated carbocycles. The third-order valence-electron chi connectivity index (χ3n) is 4.79. The molecule has 3 amide bonds. The highest BCUT2D eigenvalue weighted by atomic mass is 16.5. The van der Waals surface area contributed by atoms with E-state index in [0.29, 0.717) is 30.4 Å². The van der Waals surface area contributed by atoms with Crippen molar-refractivity contribution in [3.8, 4) is 11.5 Å². The number of carbonyl (C=O) groups excluding carboxylic acids is 2. The van der Waals surface area contributed by atoms with E-state index in [0.717, 1.165) is 11.1 Å². The molecule has 0 spiro atoms. The van der Waals surface area contributed by atoms with E-state index in [1.54, 1.807) is 18.2 Å². The maximum Gasteiger partial charge on any atom is 0.325 e. The molecule has 3 aromatic rings. The van der Waals surface area contributed by atoms with Gasteiger partial charge < -0.3 is 14.8 Å². The van der Waals surface area contributed by atoms with Crippen LogP contribution in [0, 0.1) is 0 Å². The molecular formula is C26H29N3O4. The highest BCUT2D eigenvalue weighted by Crippen LogP contribution is 2.30. The topological polar surface area (TPSA) is 88.7 Å². The third kappa shape index (κ3) is 7.08. The minimum Gasteiger partial charge on any atom is -0.490 e. The molecular weight excluding hydrogens is 418 g/mol. The van der Waals surface area contributed by atoms with Gasteiger partial charge in [0.15, 0.2) is 11.5 Å². The van der Waals surface area contributed by atoms with Crippen LogP contribution in [0.5, 0.6) is 11.5 Å². The van der Waals surface area contributed by atoms with E-state index in [1.807, 2.05) is 74.5 Å². The monoisotopic (exact) mass is 447 g/mol. The lowest BCUT2D eigenvalue weighted by Crippen LogP contribution is -2.41. The molecule has 0 aliphatic carbocycles. The summed E-state index contributed by atoms with van der Waals surface area (Å²) in [6, 6.07) is 24.0. The van der Waals surface area contributed by atoms with E-state index in [2.05, 4.69) is 16.0 Å². The molecule has 3 N–H and O–H groups in total. The van der Waals surface area contributed by atoms with Crippen molar-refractivity contribution in [3.05, 3.63) is 90.0 Å². The summed E-state index contributed by atoms with van der Waals surface area (Å²) in [5.41, 5.74) is 2.55. The van der Waals surface area contributed by atoms with Gasteiger partial charge in [0.2, 0.25) is 5.91 Å². The maximum absolute atomic E-state index is 12.4. The Labute approximate surface area is 194 Å². The van der Waals surface area contributed by atoms with Crippen LogP contribution < -0.4 is 25.4 Å². The van der Waals surface area contributed by atoms with Crippen LogP contribution in [0.3, 0.4) is 0 Å². The zero-order chi connectivity index (χ0) is 23.5. The minimum atomic E-state index is -0.621. The second-order valence-electron chi connectivity index (χ2n) is 7.17. The summed E-state index contributed by atoms with van der Waals surface area (Å²) >= 11 is 0. The summed E-state index contributed by atoms with van der Waals surface area (Å²) in [5.74, 6) is 0.678. The second kappa shape index (κ2) is 12.3. The van der Waals surface area contributed by atoms with Crippen LogP contribution in [-0.4, -0.2) is 31.7 Å². The summed E-state index contributed by atoms with van der Waals surface area (Å²) in [5, 5.41) is 8.25. The Balaban J connectivity index is 1.59. The lowest BCUT2D eigenvalue weighted by molar-refractivity contribution is -0.119. The van der Waals surface area contributed by atoms with Crippen molar-refractivity contribution in [2.75, 3.05) is 25.1 Å². The fourth-order valence-corrected chi connectivity index (χ4v) is 3.38. The zero-order valence-electron chi connectivity index (χ0n) is 18.8. The predicted octanol–water partition coefficient (Wildman–Crippen LogP) is 4.51. The highest BCUT2D eigenvalue weighted by Gasteiger charge is 2.16. The number of anilines is 1. The number of nitrogens with one attached hydrogen (secondary N) is 3. The molecule has 0 unspecified atom stereocenters. The Morgan fingerprint density at radius 1 is 0.788 bits per heavy atom. The van der Waals surface area contributed by atoms with Gasteiger partial charge >= 0.3 is 6.03 Å². The number of hydrogen-bond acceptors (Lipinski definition) is 5. The molecule has 3 rings (SSSR count). The number of amides is 3. The van der Waals surface area contributed by atoms with Crippen molar-refractivity contribution in [2.45, 2.75) is 19.9 Å². The number of urea groups is 1. The Hall–Kier alpha value is -3.84. The van der Waals surface area contributed by atoms with E-state index < -0.39 is 11.9 Å². The summed E-state index contributed by atoms with van der Waals surface area (Å²) < 4.78 is 11.1. The van der Waals surface area contributed by atoms with Gasteiger partial charge in [-0.2, -0.15) is 0 Å². The van der Waals surface area contributed by atoms with Gasteiger partial charge in [0, 0.05) is 11.8 Å². The van der Waals surface area contributed by atoms with Gasteiger partial charge in [-0.25, -0.2) is 4.79 Å². The first kappa shape index (κ1) is 23.8. The average Bonchev–Trinajstić information content (AvgIpc) is 2.82. The second-order valence-corrected chi connectivity index (χ2v) is 7.17. The van der Waals surface area contributed by atoms with Crippen LogP contribution in [0.25, 0.3) is 0 Å². The van der Waals surface area contributed by atoms with E-state index >= 15 is 0 Å². The normalized spacial score (nSPS) is 10.5. The van der Waals surface area contributed by atoms with Gasteiger partial charge in [0.25, 0.3) is 0 Å². The van der Waals surface area contributed by atoms with E-state index in [4.69, 9.17) is 9.47 Å². The van der Waals surface area contributed by atoms with Crippen LogP contribution in [0.1, 0.15) is 31.0 Å². The molecule has 7 heteroatoms. The Morgan fingerprint density at radius 2 is 1.36 bits per heavy atom. The minimum absolute atomic E-state index is 0.0324. The van der Waals surface area contributed by atoms with E-state index in [1.165, 1.54) is 0 Å². The standard InChI is InChI=1S/C26H29N3O4/c1-3-32-22-16-15-21(17-23(22)33-4-2)28-26(31)29-24(30)18-27-25(19-11-7-5-8-12-19)20-13-9-6-10-14-20/h5-17,25,27H,3-4,18H2,1-2H3,(H2,28,29,30,31). The first-order chi connectivity index (χ1) is 16.1. The molecule has 0 aromatic heterocycles.